The molecule has 5 N–H and O–H groups in total. The lowest BCUT2D eigenvalue weighted by atomic mass is 10.1. The molecule has 2 aromatic rings. The molecule has 0 aliphatic rings. The molecule has 0 spiro atoms. The molecule has 0 saturated carbocycles. The zero-order valence-electron chi connectivity index (χ0n) is 13.9. The summed E-state index contributed by atoms with van der Waals surface area (Å²) in [7, 11) is 0. The maximum absolute atomic E-state index is 12.3. The van der Waals surface area contributed by atoms with Gasteiger partial charge in [0.1, 0.15) is 36.3 Å². The van der Waals surface area contributed by atoms with Crippen LogP contribution in [0.5, 0.6) is 0 Å². The normalized spacial score (nSPS) is 14.8. The number of aliphatic hydroxyl groups is 3. The summed E-state index contributed by atoms with van der Waals surface area (Å²) in [5, 5.41) is 29.8. The van der Waals surface area contributed by atoms with E-state index in [4.69, 9.17) is 0 Å². The fourth-order valence-corrected chi connectivity index (χ4v) is 2.31. The highest BCUT2D eigenvalue weighted by molar-refractivity contribution is 5.68. The lowest BCUT2D eigenvalue weighted by Crippen LogP contribution is -2.44. The first-order chi connectivity index (χ1) is 12.1. The number of ether oxygens (including phenoxy) is 1. The third-order valence-corrected chi connectivity index (χ3v) is 3.62. The van der Waals surface area contributed by atoms with E-state index >= 15 is 0 Å². The molecule has 2 heterocycles. The number of carbonyl (C=O) groups is 1. The molecule has 0 aliphatic carbocycles. The van der Waals surface area contributed by atoms with Crippen molar-refractivity contribution in [3.8, 4) is 0 Å². The zero-order chi connectivity index (χ0) is 19.6. The number of hydrogen-bond donors (Lipinski definition) is 5. The molecule has 12 nitrogen and oxygen atoms in total. The minimum atomic E-state index is -1.77. The van der Waals surface area contributed by atoms with Gasteiger partial charge in [-0.2, -0.15) is 0 Å². The summed E-state index contributed by atoms with van der Waals surface area (Å²) in [6.07, 6.45) is -5.05. The standard InChI is InChI=1S/C14H18N4O8/c1-5-13(24)18(11-9(15-5)12(23)17-14(25)16-11)3-7(20)10(22)8(21)4-26-6(2)19/h7-8,10,20-22H,3-4H2,1-2H3,(H2,16,17,23,25)/t7-,8+,10-/m0/s1. The number of nitrogens with zero attached hydrogens (tertiary/aromatic N) is 2. The first-order valence-corrected chi connectivity index (χ1v) is 7.53. The summed E-state index contributed by atoms with van der Waals surface area (Å²) in [6, 6.07) is 0. The number of aromatic amines is 2. The van der Waals surface area contributed by atoms with Crippen LogP contribution in [0.3, 0.4) is 0 Å². The smallest absolute Gasteiger partial charge is 0.327 e. The Kier molecular flexibility index (Phi) is 5.69. The van der Waals surface area contributed by atoms with Crippen molar-refractivity contribution in [3.63, 3.8) is 0 Å². The van der Waals surface area contributed by atoms with Crippen molar-refractivity contribution < 1.29 is 24.9 Å². The first kappa shape index (κ1) is 19.5. The predicted octanol–water partition coefficient (Wildman–Crippen LogP) is -3.27. The van der Waals surface area contributed by atoms with Crippen LogP contribution in [0.25, 0.3) is 11.2 Å². The number of hydrogen-bond acceptors (Lipinski definition) is 9. The van der Waals surface area contributed by atoms with Gasteiger partial charge in [-0.15, -0.1) is 0 Å². The monoisotopic (exact) mass is 370 g/mol. The fraction of sp³-hybridized carbons (Fsp3) is 0.500. The lowest BCUT2D eigenvalue weighted by Gasteiger charge is -2.23. The van der Waals surface area contributed by atoms with Gasteiger partial charge >= 0.3 is 11.7 Å². The van der Waals surface area contributed by atoms with E-state index in [0.29, 0.717) is 0 Å². The Bertz CT molecular complexity index is 991. The van der Waals surface area contributed by atoms with Crippen molar-refractivity contribution in [2.24, 2.45) is 0 Å². The van der Waals surface area contributed by atoms with Crippen molar-refractivity contribution in [2.75, 3.05) is 6.61 Å². The molecular weight excluding hydrogens is 352 g/mol. The highest BCUT2D eigenvalue weighted by Crippen LogP contribution is 2.07. The average molecular weight is 370 g/mol. The molecule has 0 saturated heterocycles. The van der Waals surface area contributed by atoms with Crippen molar-refractivity contribution >= 4 is 17.1 Å². The molecule has 0 aliphatic heterocycles. The van der Waals surface area contributed by atoms with Gasteiger partial charge in [-0.25, -0.2) is 9.78 Å². The molecule has 26 heavy (non-hydrogen) atoms. The van der Waals surface area contributed by atoms with Gasteiger partial charge < -0.3 is 20.1 Å². The molecule has 0 radical (unpaired) electrons. The zero-order valence-corrected chi connectivity index (χ0v) is 13.9. The number of rotatable bonds is 6. The summed E-state index contributed by atoms with van der Waals surface area (Å²) >= 11 is 0. The Morgan fingerprint density at radius 3 is 2.46 bits per heavy atom. The second-order valence-corrected chi connectivity index (χ2v) is 5.65. The lowest BCUT2D eigenvalue weighted by molar-refractivity contribution is -0.149. The van der Waals surface area contributed by atoms with Crippen molar-refractivity contribution in [3.05, 3.63) is 36.9 Å². The summed E-state index contributed by atoms with van der Waals surface area (Å²) in [6.45, 7) is 1.32. The van der Waals surface area contributed by atoms with E-state index in [1.165, 1.54) is 6.92 Å². The largest absolute Gasteiger partial charge is 0.463 e. The Balaban J connectivity index is 2.39. The topological polar surface area (TPSA) is 188 Å². The summed E-state index contributed by atoms with van der Waals surface area (Å²) in [4.78, 5) is 54.4. The molecule has 0 unspecified atom stereocenters. The average Bonchev–Trinajstić information content (AvgIpc) is 2.56. The van der Waals surface area contributed by atoms with E-state index in [1.54, 1.807) is 0 Å². The van der Waals surface area contributed by atoms with E-state index in [0.717, 1.165) is 11.5 Å². The molecule has 0 amide bonds. The summed E-state index contributed by atoms with van der Waals surface area (Å²) in [5.41, 5.74) is -2.97. The van der Waals surface area contributed by atoms with Crippen LogP contribution in [-0.4, -0.2) is 65.7 Å². The number of aromatic nitrogens is 4. The van der Waals surface area contributed by atoms with Crippen molar-refractivity contribution in [2.45, 2.75) is 38.7 Å². The molecule has 0 bridgehead atoms. The number of carbonyl (C=O) groups excluding carboxylic acids is 1. The van der Waals surface area contributed by atoms with E-state index in [9.17, 15) is 34.5 Å². The van der Waals surface area contributed by atoms with Crippen LogP contribution >= 0.6 is 0 Å². The van der Waals surface area contributed by atoms with E-state index < -0.39 is 54.2 Å². The maximum Gasteiger partial charge on any atom is 0.327 e. The number of fused-ring (bicyclic) bond motifs is 1. The molecule has 2 aromatic heterocycles. The summed E-state index contributed by atoms with van der Waals surface area (Å²) < 4.78 is 5.40. The minimum absolute atomic E-state index is 0.0720. The molecule has 3 atom stereocenters. The van der Waals surface area contributed by atoms with Crippen LogP contribution in [0.15, 0.2) is 14.4 Å². The predicted molar refractivity (Wildman–Crippen MR) is 86.6 cm³/mol. The molecule has 142 valence electrons. The van der Waals surface area contributed by atoms with Gasteiger partial charge in [0.05, 0.1) is 6.54 Å². The Hall–Kier alpha value is -2.83. The highest BCUT2D eigenvalue weighted by atomic mass is 16.5. The van der Waals surface area contributed by atoms with Crippen molar-refractivity contribution in [1.29, 1.82) is 0 Å². The molecule has 0 aromatic carbocycles. The van der Waals surface area contributed by atoms with Crippen LogP contribution < -0.4 is 16.8 Å². The van der Waals surface area contributed by atoms with Crippen LogP contribution in [-0.2, 0) is 16.1 Å². The number of aryl methyl sites for hydroxylation is 1. The van der Waals surface area contributed by atoms with Gasteiger partial charge in [0.25, 0.3) is 11.1 Å². The fourth-order valence-electron chi connectivity index (χ4n) is 2.31. The Morgan fingerprint density at radius 2 is 1.85 bits per heavy atom. The highest BCUT2D eigenvalue weighted by Gasteiger charge is 2.27. The van der Waals surface area contributed by atoms with E-state index in [2.05, 4.69) is 14.7 Å². The van der Waals surface area contributed by atoms with Crippen LogP contribution in [0, 0.1) is 6.92 Å². The number of aliphatic hydroxyl groups excluding tert-OH is 3. The van der Waals surface area contributed by atoms with Gasteiger partial charge in [-0.05, 0) is 6.92 Å². The maximum atomic E-state index is 12.3. The van der Waals surface area contributed by atoms with Gasteiger partial charge in [0, 0.05) is 6.92 Å². The SMILES string of the molecule is CC(=O)OC[C@@H](O)[C@@H](O)[C@@H](O)Cn1c(=O)c(C)nc2c(=O)[nH]c(=O)[nH]c21. The van der Waals surface area contributed by atoms with Gasteiger partial charge in [-0.1, -0.05) is 0 Å². The van der Waals surface area contributed by atoms with Gasteiger partial charge in [0.15, 0.2) is 5.52 Å². The minimum Gasteiger partial charge on any atom is -0.463 e. The Labute approximate surface area is 144 Å². The Morgan fingerprint density at radius 1 is 1.19 bits per heavy atom. The van der Waals surface area contributed by atoms with E-state index in [1.807, 2.05) is 4.98 Å². The third-order valence-electron chi connectivity index (χ3n) is 3.62. The molecular formula is C14H18N4O8. The van der Waals surface area contributed by atoms with Crippen molar-refractivity contribution in [1.82, 2.24) is 19.5 Å². The number of H-pyrrole nitrogens is 2. The molecule has 0 fully saturated rings. The van der Waals surface area contributed by atoms with Gasteiger partial charge in [0.2, 0.25) is 0 Å². The second-order valence-electron chi connectivity index (χ2n) is 5.65. The molecule has 12 heteroatoms. The first-order valence-electron chi connectivity index (χ1n) is 7.53. The summed E-state index contributed by atoms with van der Waals surface area (Å²) in [5.74, 6) is -0.686. The van der Waals surface area contributed by atoms with Gasteiger partial charge in [-0.3, -0.25) is 28.9 Å². The van der Waals surface area contributed by atoms with Crippen LogP contribution in [0.1, 0.15) is 12.6 Å². The van der Waals surface area contributed by atoms with E-state index in [-0.39, 0.29) is 16.9 Å². The number of nitrogens with one attached hydrogen (secondary N) is 2. The molecule has 2 rings (SSSR count). The second kappa shape index (κ2) is 7.59. The van der Waals surface area contributed by atoms with Crippen LogP contribution in [0.4, 0.5) is 0 Å². The third kappa shape index (κ3) is 4.04. The van der Waals surface area contributed by atoms with Crippen LogP contribution in [0.2, 0.25) is 0 Å². The quantitative estimate of drug-likeness (QED) is 0.325. The number of esters is 1.